The fourth-order valence-electron chi connectivity index (χ4n) is 3.20. The molecule has 1 aromatic rings. The smallest absolute Gasteiger partial charge is 0.335 e. The Kier molecular flexibility index (Phi) is 5.30. The minimum Gasteiger partial charge on any atom is -0.478 e. The van der Waals surface area contributed by atoms with Crippen molar-refractivity contribution in [1.82, 2.24) is 10.6 Å². The molecule has 130 valence electrons. The van der Waals surface area contributed by atoms with Crippen molar-refractivity contribution >= 4 is 23.8 Å². The van der Waals surface area contributed by atoms with Crippen LogP contribution in [0.5, 0.6) is 0 Å². The number of carboxylic acid groups (broad SMARTS) is 1. The van der Waals surface area contributed by atoms with Gasteiger partial charge >= 0.3 is 12.0 Å². The van der Waals surface area contributed by atoms with Crippen molar-refractivity contribution in [3.63, 3.8) is 0 Å². The zero-order chi connectivity index (χ0) is 17.0. The maximum absolute atomic E-state index is 12.1. The minimum atomic E-state index is -0.953. The molecule has 0 radical (unpaired) electrons. The van der Waals surface area contributed by atoms with Gasteiger partial charge in [-0.05, 0) is 42.7 Å². The van der Waals surface area contributed by atoms with Crippen LogP contribution < -0.4 is 10.6 Å². The van der Waals surface area contributed by atoms with Crippen LogP contribution in [-0.4, -0.2) is 46.9 Å². The van der Waals surface area contributed by atoms with Crippen LogP contribution in [0.3, 0.4) is 0 Å². The van der Waals surface area contributed by atoms with E-state index in [1.807, 2.05) is 11.8 Å². The Labute approximate surface area is 145 Å². The lowest BCUT2D eigenvalue weighted by atomic mass is 9.90. The number of thioether (sulfide) groups is 1. The Balaban J connectivity index is 1.46. The molecule has 0 aliphatic carbocycles. The van der Waals surface area contributed by atoms with Gasteiger partial charge in [0.1, 0.15) is 0 Å². The maximum Gasteiger partial charge on any atom is 0.335 e. The van der Waals surface area contributed by atoms with Crippen molar-refractivity contribution in [3.05, 3.63) is 35.4 Å². The maximum atomic E-state index is 12.1. The van der Waals surface area contributed by atoms with Crippen LogP contribution in [0.25, 0.3) is 0 Å². The Morgan fingerprint density at radius 2 is 2.12 bits per heavy atom. The molecule has 6 nitrogen and oxygen atoms in total. The standard InChI is InChI=1S/C17H22N2O4S/c20-15(21)13-3-1-12(2-4-13)10-18-16(22)19-14-5-7-23-17(9-14)6-8-24-11-17/h1-4,14H,5-11H2,(H,20,21)(H2,18,19,22). The lowest BCUT2D eigenvalue weighted by molar-refractivity contribution is -0.0684. The lowest BCUT2D eigenvalue weighted by Crippen LogP contribution is -2.50. The molecule has 2 heterocycles. The molecule has 2 atom stereocenters. The van der Waals surface area contributed by atoms with Gasteiger partial charge in [-0.15, -0.1) is 0 Å². The van der Waals surface area contributed by atoms with Gasteiger partial charge in [-0.2, -0.15) is 11.8 Å². The van der Waals surface area contributed by atoms with Crippen LogP contribution in [0.1, 0.15) is 35.2 Å². The van der Waals surface area contributed by atoms with E-state index in [-0.39, 0.29) is 23.2 Å². The highest BCUT2D eigenvalue weighted by Gasteiger charge is 2.40. The summed E-state index contributed by atoms with van der Waals surface area (Å²) >= 11 is 1.92. The van der Waals surface area contributed by atoms with Gasteiger partial charge in [0, 0.05) is 24.9 Å². The number of aromatic carboxylic acids is 1. The topological polar surface area (TPSA) is 87.7 Å². The van der Waals surface area contributed by atoms with Crippen LogP contribution >= 0.6 is 11.8 Å². The fourth-order valence-corrected chi connectivity index (χ4v) is 4.58. The SMILES string of the molecule is O=C(NCc1ccc(C(=O)O)cc1)NC1CCOC2(CCSC2)C1. The third-order valence-corrected chi connectivity index (χ3v) is 5.77. The van der Waals surface area contributed by atoms with Crippen LogP contribution in [0.2, 0.25) is 0 Å². The first-order valence-electron chi connectivity index (χ1n) is 8.15. The third kappa shape index (κ3) is 4.21. The van der Waals surface area contributed by atoms with Gasteiger partial charge in [0.15, 0.2) is 0 Å². The largest absolute Gasteiger partial charge is 0.478 e. The summed E-state index contributed by atoms with van der Waals surface area (Å²) in [5.74, 6) is 1.19. The van der Waals surface area contributed by atoms with Gasteiger partial charge in [-0.1, -0.05) is 12.1 Å². The fraction of sp³-hybridized carbons (Fsp3) is 0.529. The van der Waals surface area contributed by atoms with Gasteiger partial charge < -0.3 is 20.5 Å². The van der Waals surface area contributed by atoms with Gasteiger partial charge in [-0.25, -0.2) is 9.59 Å². The molecule has 0 saturated carbocycles. The Morgan fingerprint density at radius 3 is 2.79 bits per heavy atom. The van der Waals surface area contributed by atoms with E-state index in [4.69, 9.17) is 9.84 Å². The van der Waals surface area contributed by atoms with Crippen LogP contribution in [0.15, 0.2) is 24.3 Å². The number of benzene rings is 1. The van der Waals surface area contributed by atoms with Crippen LogP contribution in [0.4, 0.5) is 4.79 Å². The number of amides is 2. The Hall–Kier alpha value is -1.73. The molecule has 2 fully saturated rings. The monoisotopic (exact) mass is 350 g/mol. The molecular formula is C17H22N2O4S. The van der Waals surface area contributed by atoms with E-state index in [1.165, 1.54) is 12.1 Å². The highest BCUT2D eigenvalue weighted by molar-refractivity contribution is 7.99. The van der Waals surface area contributed by atoms with Crippen molar-refractivity contribution in [2.24, 2.45) is 0 Å². The van der Waals surface area contributed by atoms with Crippen LogP contribution in [-0.2, 0) is 11.3 Å². The zero-order valence-electron chi connectivity index (χ0n) is 13.4. The second-order valence-electron chi connectivity index (χ2n) is 6.35. The number of carbonyl (C=O) groups excluding carboxylic acids is 1. The van der Waals surface area contributed by atoms with E-state index in [9.17, 15) is 9.59 Å². The molecule has 2 aliphatic rings. The summed E-state index contributed by atoms with van der Waals surface area (Å²) in [6, 6.07) is 6.46. The van der Waals surface area contributed by atoms with E-state index in [1.54, 1.807) is 12.1 Å². The molecule has 1 aromatic carbocycles. The number of carbonyl (C=O) groups is 2. The number of carboxylic acids is 1. The van der Waals surface area contributed by atoms with E-state index in [2.05, 4.69) is 10.6 Å². The first kappa shape index (κ1) is 17.1. The van der Waals surface area contributed by atoms with E-state index in [0.29, 0.717) is 13.2 Å². The van der Waals surface area contributed by atoms with Crippen molar-refractivity contribution in [2.75, 3.05) is 18.1 Å². The number of nitrogens with one attached hydrogen (secondary N) is 2. The summed E-state index contributed by atoms with van der Waals surface area (Å²) in [4.78, 5) is 22.9. The molecule has 0 bridgehead atoms. The molecule has 3 rings (SSSR count). The molecule has 3 N–H and O–H groups in total. The molecule has 2 amide bonds. The Morgan fingerprint density at radius 1 is 1.33 bits per heavy atom. The van der Waals surface area contributed by atoms with Gasteiger partial charge in [-0.3, -0.25) is 0 Å². The summed E-state index contributed by atoms with van der Waals surface area (Å²) in [7, 11) is 0. The van der Waals surface area contributed by atoms with Crippen molar-refractivity contribution in [2.45, 2.75) is 37.5 Å². The normalized spacial score (nSPS) is 26.2. The molecule has 2 unspecified atom stereocenters. The zero-order valence-corrected chi connectivity index (χ0v) is 14.2. The average Bonchev–Trinajstić information content (AvgIpc) is 3.01. The van der Waals surface area contributed by atoms with Gasteiger partial charge in [0.2, 0.25) is 0 Å². The molecular weight excluding hydrogens is 328 g/mol. The Bertz CT molecular complexity index is 599. The van der Waals surface area contributed by atoms with E-state index in [0.717, 1.165) is 36.3 Å². The van der Waals surface area contributed by atoms with E-state index < -0.39 is 5.97 Å². The minimum absolute atomic E-state index is 0.0481. The first-order valence-corrected chi connectivity index (χ1v) is 9.30. The van der Waals surface area contributed by atoms with E-state index >= 15 is 0 Å². The molecule has 24 heavy (non-hydrogen) atoms. The predicted octanol–water partition coefficient (Wildman–Crippen LogP) is 2.24. The van der Waals surface area contributed by atoms with Crippen molar-refractivity contribution < 1.29 is 19.4 Å². The van der Waals surface area contributed by atoms with Gasteiger partial charge in [0.05, 0.1) is 11.2 Å². The molecule has 0 aromatic heterocycles. The first-order chi connectivity index (χ1) is 11.6. The lowest BCUT2D eigenvalue weighted by Gasteiger charge is -2.37. The number of hydrogen-bond donors (Lipinski definition) is 3. The second-order valence-corrected chi connectivity index (χ2v) is 7.46. The predicted molar refractivity (Wildman–Crippen MR) is 92.4 cm³/mol. The van der Waals surface area contributed by atoms with Crippen molar-refractivity contribution in [3.8, 4) is 0 Å². The summed E-state index contributed by atoms with van der Waals surface area (Å²) in [5.41, 5.74) is 1.06. The molecule has 2 saturated heterocycles. The third-order valence-electron chi connectivity index (χ3n) is 4.55. The summed E-state index contributed by atoms with van der Waals surface area (Å²) in [6.45, 7) is 1.07. The summed E-state index contributed by atoms with van der Waals surface area (Å²) < 4.78 is 5.96. The van der Waals surface area contributed by atoms with Crippen molar-refractivity contribution in [1.29, 1.82) is 0 Å². The second kappa shape index (κ2) is 7.44. The molecule has 2 aliphatic heterocycles. The number of hydrogen-bond acceptors (Lipinski definition) is 4. The average molecular weight is 350 g/mol. The number of urea groups is 1. The highest BCUT2D eigenvalue weighted by Crippen LogP contribution is 2.38. The number of ether oxygens (including phenoxy) is 1. The summed E-state index contributed by atoms with van der Waals surface area (Å²) in [5, 5.41) is 14.7. The quantitative estimate of drug-likeness (QED) is 0.775. The molecule has 1 spiro atoms. The summed E-state index contributed by atoms with van der Waals surface area (Å²) in [6.07, 6.45) is 2.78. The number of rotatable bonds is 4. The highest BCUT2D eigenvalue weighted by atomic mass is 32.2. The molecule has 7 heteroatoms. The van der Waals surface area contributed by atoms with Crippen LogP contribution in [0, 0.1) is 0 Å². The van der Waals surface area contributed by atoms with Gasteiger partial charge in [0.25, 0.3) is 0 Å².